The van der Waals surface area contributed by atoms with Crippen LogP contribution in [0.2, 0.25) is 0 Å². The van der Waals surface area contributed by atoms with E-state index in [9.17, 15) is 23.1 Å². The summed E-state index contributed by atoms with van der Waals surface area (Å²) in [6.07, 6.45) is 8.57. The number of benzene rings is 1. The fourth-order valence-corrected chi connectivity index (χ4v) is 10.0. The third-order valence-electron chi connectivity index (χ3n) is 11.5. The number of halogens is 1. The highest BCUT2D eigenvalue weighted by Crippen LogP contribution is 2.32. The van der Waals surface area contributed by atoms with Crippen LogP contribution in [0.4, 0.5) is 14.9 Å². The van der Waals surface area contributed by atoms with Gasteiger partial charge in [-0.05, 0) is 93.8 Å². The molecule has 1 amide bonds. The third kappa shape index (κ3) is 10.4. The molecular formula is C39H59FN4O7S. The molecule has 1 saturated carbocycles. The first-order valence-electron chi connectivity index (χ1n) is 19.1. The van der Waals surface area contributed by atoms with E-state index in [2.05, 4.69) is 4.90 Å². The smallest absolute Gasteiger partial charge is 0.410 e. The molecule has 290 valence electrons. The lowest BCUT2D eigenvalue weighted by Gasteiger charge is -2.38. The molecule has 11 nitrogen and oxygen atoms in total. The fraction of sp³-hybridized carbons (Fsp3) is 0.692. The average molecular weight is 747 g/mol. The first-order chi connectivity index (χ1) is 24.7. The van der Waals surface area contributed by atoms with Crippen molar-refractivity contribution < 1.29 is 37.0 Å². The SMILES string of the molecule is C/C(=C\c1cc(F)cc(N(C)C2CCN(S(=O)(=O)C3CCCC3)CC2)c1)[C@H]1OC(=O)C[C@H](O)CC[C@H](C)[C@H](OC(=O)N2CCN(C)CC2)/C=C/[C@@H]1C. The van der Waals surface area contributed by atoms with E-state index in [4.69, 9.17) is 9.47 Å². The number of aliphatic hydroxyl groups is 1. The molecule has 3 heterocycles. The van der Waals surface area contributed by atoms with E-state index in [0.29, 0.717) is 68.7 Å². The van der Waals surface area contributed by atoms with Crippen LogP contribution >= 0.6 is 0 Å². The predicted molar refractivity (Wildman–Crippen MR) is 201 cm³/mol. The number of carbonyl (C=O) groups is 2. The number of piperazine rings is 1. The molecule has 1 N–H and O–H groups in total. The van der Waals surface area contributed by atoms with Crippen molar-refractivity contribution in [3.05, 3.63) is 47.3 Å². The van der Waals surface area contributed by atoms with Crippen molar-refractivity contribution in [2.75, 3.05) is 58.3 Å². The zero-order valence-corrected chi connectivity index (χ0v) is 32.4. The number of amides is 1. The number of aliphatic hydroxyl groups excluding tert-OH is 1. The Hall–Kier alpha value is -3.00. The number of rotatable bonds is 7. The number of likely N-dealkylation sites (N-methyl/N-ethyl adjacent to an activating group) is 1. The molecule has 4 aliphatic rings. The van der Waals surface area contributed by atoms with Crippen LogP contribution in [0.5, 0.6) is 0 Å². The maximum atomic E-state index is 15.1. The Kier molecular flexibility index (Phi) is 13.8. The van der Waals surface area contributed by atoms with Gasteiger partial charge in [0.25, 0.3) is 0 Å². The van der Waals surface area contributed by atoms with E-state index >= 15 is 4.39 Å². The molecule has 5 rings (SSSR count). The molecule has 1 aromatic rings. The lowest BCUT2D eigenvalue weighted by atomic mass is 9.91. The minimum Gasteiger partial charge on any atom is -0.457 e. The van der Waals surface area contributed by atoms with Crippen LogP contribution in [0.25, 0.3) is 6.08 Å². The molecule has 3 fully saturated rings. The average Bonchev–Trinajstić information content (AvgIpc) is 3.67. The molecule has 0 aromatic heterocycles. The molecule has 3 aliphatic heterocycles. The maximum absolute atomic E-state index is 15.1. The quantitative estimate of drug-likeness (QED) is 0.288. The largest absolute Gasteiger partial charge is 0.457 e. The van der Waals surface area contributed by atoms with Gasteiger partial charge < -0.3 is 29.3 Å². The molecule has 1 aliphatic carbocycles. The molecule has 0 radical (unpaired) electrons. The number of piperidine rings is 1. The summed E-state index contributed by atoms with van der Waals surface area (Å²) in [6.45, 7) is 9.40. The summed E-state index contributed by atoms with van der Waals surface area (Å²) in [6, 6.07) is 4.88. The predicted octanol–water partition coefficient (Wildman–Crippen LogP) is 5.44. The van der Waals surface area contributed by atoms with Gasteiger partial charge in [-0.1, -0.05) is 38.8 Å². The zero-order chi connectivity index (χ0) is 37.6. The number of anilines is 1. The van der Waals surface area contributed by atoms with Gasteiger partial charge in [-0.25, -0.2) is 21.9 Å². The number of esters is 1. The monoisotopic (exact) mass is 746 g/mol. The molecule has 1 aromatic carbocycles. The number of ether oxygens (including phenoxy) is 2. The summed E-state index contributed by atoms with van der Waals surface area (Å²) in [5.74, 6) is -1.34. The Morgan fingerprint density at radius 1 is 0.981 bits per heavy atom. The Bertz CT molecular complexity index is 1550. The fourth-order valence-electron chi connectivity index (χ4n) is 7.95. The lowest BCUT2D eigenvalue weighted by Crippen LogP contribution is -2.48. The third-order valence-corrected chi connectivity index (χ3v) is 13.9. The zero-order valence-electron chi connectivity index (χ0n) is 31.6. The number of nitrogens with zero attached hydrogens (tertiary/aromatic N) is 4. The number of cyclic esters (lactones) is 1. The Balaban J connectivity index is 1.30. The van der Waals surface area contributed by atoms with Gasteiger partial charge in [0.05, 0.1) is 17.8 Å². The summed E-state index contributed by atoms with van der Waals surface area (Å²) < 4.78 is 55.1. The number of hydrogen-bond donors (Lipinski definition) is 1. The molecule has 0 unspecified atom stereocenters. The summed E-state index contributed by atoms with van der Waals surface area (Å²) in [5, 5.41) is 10.4. The minimum atomic E-state index is -3.29. The van der Waals surface area contributed by atoms with E-state index in [0.717, 1.165) is 38.8 Å². The lowest BCUT2D eigenvalue weighted by molar-refractivity contribution is -0.151. The van der Waals surface area contributed by atoms with Crippen LogP contribution in [0.15, 0.2) is 35.9 Å². The molecule has 5 atom stereocenters. The Labute approximate surface area is 309 Å². The van der Waals surface area contributed by atoms with E-state index in [1.54, 1.807) is 9.21 Å². The first kappa shape index (κ1) is 40.2. The van der Waals surface area contributed by atoms with Gasteiger partial charge in [0.15, 0.2) is 0 Å². The van der Waals surface area contributed by atoms with Crippen LogP contribution in [-0.4, -0.2) is 123 Å². The topological polar surface area (TPSA) is 120 Å². The van der Waals surface area contributed by atoms with E-state index in [1.807, 2.05) is 64.1 Å². The summed E-state index contributed by atoms with van der Waals surface area (Å²) in [4.78, 5) is 32.1. The second kappa shape index (κ2) is 17.9. The van der Waals surface area contributed by atoms with E-state index < -0.39 is 40.1 Å². The number of hydrogen-bond acceptors (Lipinski definition) is 9. The molecule has 0 bridgehead atoms. The van der Waals surface area contributed by atoms with Gasteiger partial charge in [-0.3, -0.25) is 4.79 Å². The number of sulfonamides is 1. The Morgan fingerprint density at radius 3 is 2.33 bits per heavy atom. The standard InChI is InChI=1S/C39H59FN4O7S/c1-27-10-12-34(45)26-37(46)51-38(28(2)11-13-36(27)50-39(47)43-20-18-41(4)19-21-43)29(3)22-30-23-31(40)25-33(24-30)42(5)32-14-16-44(17-15-32)52(48,49)35-8-6-7-9-35/h11,13,22-25,27-28,32,34-36,38,45H,6-10,12,14-21,26H2,1-5H3/b13-11+,29-22+/t27-,28-,34+,36+,38-/m0/s1. The molecule has 52 heavy (non-hydrogen) atoms. The summed E-state index contributed by atoms with van der Waals surface area (Å²) in [7, 11) is 0.656. The van der Waals surface area contributed by atoms with Crippen molar-refractivity contribution in [3.63, 3.8) is 0 Å². The van der Waals surface area contributed by atoms with Gasteiger partial charge in [0, 0.05) is 64.0 Å². The molecule has 2 saturated heterocycles. The normalized spacial score (nSPS) is 29.2. The molecular weight excluding hydrogens is 688 g/mol. The van der Waals surface area contributed by atoms with E-state index in [-0.39, 0.29) is 35.6 Å². The van der Waals surface area contributed by atoms with Crippen molar-refractivity contribution >= 4 is 33.8 Å². The van der Waals surface area contributed by atoms with Crippen molar-refractivity contribution in [2.45, 2.75) is 108 Å². The van der Waals surface area contributed by atoms with Gasteiger partial charge in [-0.2, -0.15) is 0 Å². The van der Waals surface area contributed by atoms with Crippen LogP contribution in [0, 0.1) is 17.7 Å². The van der Waals surface area contributed by atoms with Gasteiger partial charge >= 0.3 is 12.1 Å². The van der Waals surface area contributed by atoms with Gasteiger partial charge in [0.2, 0.25) is 10.0 Å². The van der Waals surface area contributed by atoms with Crippen LogP contribution < -0.4 is 4.90 Å². The van der Waals surface area contributed by atoms with Crippen LogP contribution in [-0.2, 0) is 24.3 Å². The van der Waals surface area contributed by atoms with E-state index in [1.165, 1.54) is 12.1 Å². The Morgan fingerprint density at radius 2 is 1.65 bits per heavy atom. The highest BCUT2D eigenvalue weighted by Gasteiger charge is 2.37. The molecule has 13 heteroatoms. The molecule has 0 spiro atoms. The first-order valence-corrected chi connectivity index (χ1v) is 20.6. The minimum absolute atomic E-state index is 0.0549. The van der Waals surface area contributed by atoms with Crippen LogP contribution in [0.1, 0.15) is 84.1 Å². The van der Waals surface area contributed by atoms with Crippen molar-refractivity contribution in [1.29, 1.82) is 0 Å². The van der Waals surface area contributed by atoms with Gasteiger partial charge in [0.1, 0.15) is 18.0 Å². The van der Waals surface area contributed by atoms with Crippen molar-refractivity contribution in [2.24, 2.45) is 11.8 Å². The summed E-state index contributed by atoms with van der Waals surface area (Å²) >= 11 is 0. The highest BCUT2D eigenvalue weighted by atomic mass is 32.2. The second-order valence-electron chi connectivity index (χ2n) is 15.5. The second-order valence-corrected chi connectivity index (χ2v) is 17.7. The van der Waals surface area contributed by atoms with Gasteiger partial charge in [-0.15, -0.1) is 0 Å². The van der Waals surface area contributed by atoms with Crippen LogP contribution in [0.3, 0.4) is 0 Å². The number of carbonyl (C=O) groups excluding carboxylic acids is 2. The maximum Gasteiger partial charge on any atom is 0.410 e. The highest BCUT2D eigenvalue weighted by molar-refractivity contribution is 7.89. The summed E-state index contributed by atoms with van der Waals surface area (Å²) in [5.41, 5.74) is 1.98. The van der Waals surface area contributed by atoms with Crippen molar-refractivity contribution in [1.82, 2.24) is 14.1 Å². The van der Waals surface area contributed by atoms with Crippen molar-refractivity contribution in [3.8, 4) is 0 Å².